The maximum atomic E-state index is 12.0. The number of para-hydroxylation sites is 1. The van der Waals surface area contributed by atoms with E-state index < -0.39 is 11.7 Å². The molecule has 3 rings (SSSR count). The lowest BCUT2D eigenvalue weighted by Gasteiger charge is -2.16. The van der Waals surface area contributed by atoms with Crippen molar-refractivity contribution in [3.8, 4) is 5.75 Å². The Morgan fingerprint density at radius 1 is 0.957 bits per heavy atom. The Labute approximate surface area is 143 Å². The largest absolute Gasteiger partial charge is 0.494 e. The Kier molecular flexibility index (Phi) is 4.76. The van der Waals surface area contributed by atoms with Gasteiger partial charge in [-0.1, -0.05) is 28.1 Å². The number of carbonyl (C=O) groups excluding carboxylic acids is 2. The highest BCUT2D eigenvalue weighted by molar-refractivity contribution is 9.10. The molecule has 0 unspecified atom stereocenters. The molecule has 23 heavy (non-hydrogen) atoms. The van der Waals surface area contributed by atoms with Crippen molar-refractivity contribution in [3.63, 3.8) is 0 Å². The molecule has 4 nitrogen and oxygen atoms in total. The topological polar surface area (TPSA) is 46.6 Å². The van der Waals surface area contributed by atoms with Crippen LogP contribution < -0.4 is 9.64 Å². The minimum absolute atomic E-state index is 0.410. The van der Waals surface area contributed by atoms with Gasteiger partial charge in [0, 0.05) is 11.0 Å². The molecule has 0 spiro atoms. The first-order chi connectivity index (χ1) is 11.2. The van der Waals surface area contributed by atoms with Crippen molar-refractivity contribution >= 4 is 33.3 Å². The van der Waals surface area contributed by atoms with Crippen molar-refractivity contribution in [1.29, 1.82) is 0 Å². The zero-order valence-electron chi connectivity index (χ0n) is 12.5. The van der Waals surface area contributed by atoms with Gasteiger partial charge in [-0.15, -0.1) is 0 Å². The van der Waals surface area contributed by atoms with Crippen LogP contribution in [0.25, 0.3) is 0 Å². The van der Waals surface area contributed by atoms with Crippen molar-refractivity contribution < 1.29 is 14.3 Å². The molecule has 1 aliphatic rings. The highest BCUT2D eigenvalue weighted by Crippen LogP contribution is 2.28. The molecule has 1 amide bonds. The van der Waals surface area contributed by atoms with Crippen LogP contribution in [0.5, 0.6) is 5.75 Å². The van der Waals surface area contributed by atoms with Gasteiger partial charge < -0.3 is 9.64 Å². The Hall–Kier alpha value is -2.14. The number of hydrogen-bond donors (Lipinski definition) is 0. The quantitative estimate of drug-likeness (QED) is 0.570. The first kappa shape index (κ1) is 15.7. The molecule has 0 fully saturated rings. The van der Waals surface area contributed by atoms with Crippen molar-refractivity contribution in [2.24, 2.45) is 0 Å². The van der Waals surface area contributed by atoms with Crippen LogP contribution >= 0.6 is 15.9 Å². The lowest BCUT2D eigenvalue weighted by molar-refractivity contribution is -0.114. The Bertz CT molecular complexity index is 727. The number of anilines is 1. The first-order valence-electron chi connectivity index (χ1n) is 7.50. The van der Waals surface area contributed by atoms with Gasteiger partial charge in [-0.3, -0.25) is 9.59 Å². The second kappa shape index (κ2) is 6.96. The third-order valence-electron chi connectivity index (χ3n) is 3.74. The maximum Gasteiger partial charge on any atom is 0.299 e. The maximum absolute atomic E-state index is 12.0. The van der Waals surface area contributed by atoms with Gasteiger partial charge >= 0.3 is 0 Å². The Morgan fingerprint density at radius 2 is 1.70 bits per heavy atom. The molecule has 2 aromatic rings. The standard InChI is InChI=1S/C18H16BrNO3/c19-13-7-9-14(10-8-13)23-12-4-3-11-20-16-6-2-1-5-15(16)17(21)18(20)22/h1-2,5-10H,3-4,11-12H2. The van der Waals surface area contributed by atoms with Crippen molar-refractivity contribution in [2.75, 3.05) is 18.1 Å². The molecule has 118 valence electrons. The van der Waals surface area contributed by atoms with Crippen molar-refractivity contribution in [1.82, 2.24) is 0 Å². The molecule has 1 aliphatic heterocycles. The number of fused-ring (bicyclic) bond motifs is 1. The average Bonchev–Trinajstić information content (AvgIpc) is 2.81. The third-order valence-corrected chi connectivity index (χ3v) is 4.27. The van der Waals surface area contributed by atoms with Crippen LogP contribution in [-0.2, 0) is 4.79 Å². The second-order valence-electron chi connectivity index (χ2n) is 5.31. The molecule has 0 bridgehead atoms. The smallest absolute Gasteiger partial charge is 0.299 e. The summed E-state index contributed by atoms with van der Waals surface area (Å²) in [5.41, 5.74) is 1.22. The number of amides is 1. The first-order valence-corrected chi connectivity index (χ1v) is 8.30. The third kappa shape index (κ3) is 3.45. The van der Waals surface area contributed by atoms with Crippen molar-refractivity contribution in [3.05, 3.63) is 58.6 Å². The van der Waals surface area contributed by atoms with E-state index in [1.165, 1.54) is 0 Å². The predicted molar refractivity (Wildman–Crippen MR) is 92.0 cm³/mol. The summed E-state index contributed by atoms with van der Waals surface area (Å²) in [5.74, 6) is -0.0160. The number of rotatable bonds is 6. The van der Waals surface area contributed by atoms with E-state index in [0.717, 1.165) is 28.8 Å². The minimum Gasteiger partial charge on any atom is -0.494 e. The molecule has 0 atom stereocenters. The van der Waals surface area contributed by atoms with Gasteiger partial charge in [0.25, 0.3) is 11.7 Å². The van der Waals surface area contributed by atoms with Gasteiger partial charge in [0.2, 0.25) is 0 Å². The average molecular weight is 374 g/mol. The monoisotopic (exact) mass is 373 g/mol. The number of benzene rings is 2. The summed E-state index contributed by atoms with van der Waals surface area (Å²) in [4.78, 5) is 25.5. The van der Waals surface area contributed by atoms with Gasteiger partial charge in [-0.05, 0) is 49.2 Å². The van der Waals surface area contributed by atoms with Crippen LogP contribution in [0.15, 0.2) is 53.0 Å². The summed E-state index contributed by atoms with van der Waals surface area (Å²) in [7, 11) is 0. The molecular formula is C18H16BrNO3. The van der Waals surface area contributed by atoms with Crippen LogP contribution in [-0.4, -0.2) is 24.8 Å². The van der Waals surface area contributed by atoms with Crippen LogP contribution in [0, 0.1) is 0 Å². The molecular weight excluding hydrogens is 358 g/mol. The molecule has 0 saturated carbocycles. The molecule has 0 saturated heterocycles. The summed E-state index contributed by atoms with van der Waals surface area (Å²) in [5, 5.41) is 0. The van der Waals surface area contributed by atoms with Crippen LogP contribution in [0.2, 0.25) is 0 Å². The minimum atomic E-state index is -0.431. The second-order valence-corrected chi connectivity index (χ2v) is 6.23. The summed E-state index contributed by atoms with van der Waals surface area (Å²) in [6, 6.07) is 14.8. The molecule has 2 aromatic carbocycles. The van der Waals surface area contributed by atoms with Gasteiger partial charge in [0.05, 0.1) is 17.9 Å². The lowest BCUT2D eigenvalue weighted by Crippen LogP contribution is -2.30. The zero-order chi connectivity index (χ0) is 16.2. The molecule has 0 N–H and O–H groups in total. The summed E-state index contributed by atoms with van der Waals surface area (Å²) < 4.78 is 6.67. The SMILES string of the molecule is O=C1C(=O)N(CCCCOc2ccc(Br)cc2)c2ccccc21. The fraction of sp³-hybridized carbons (Fsp3) is 0.222. The van der Waals surface area contributed by atoms with Crippen LogP contribution in [0.4, 0.5) is 5.69 Å². The highest BCUT2D eigenvalue weighted by Gasteiger charge is 2.34. The number of ether oxygens (including phenoxy) is 1. The predicted octanol–water partition coefficient (Wildman–Crippen LogP) is 3.84. The van der Waals surface area contributed by atoms with Crippen molar-refractivity contribution in [2.45, 2.75) is 12.8 Å². The van der Waals surface area contributed by atoms with E-state index in [1.807, 2.05) is 36.4 Å². The molecule has 0 aliphatic carbocycles. The Morgan fingerprint density at radius 3 is 2.48 bits per heavy atom. The normalized spacial score (nSPS) is 13.3. The van der Waals surface area contributed by atoms with Gasteiger partial charge in [-0.25, -0.2) is 0 Å². The van der Waals surface area contributed by atoms with E-state index in [2.05, 4.69) is 15.9 Å². The number of nitrogens with zero attached hydrogens (tertiary/aromatic N) is 1. The number of halogens is 1. The Balaban J connectivity index is 1.48. The molecule has 5 heteroatoms. The number of Topliss-reactive ketones (excluding diaryl/α,β-unsaturated/α-hetero) is 1. The van der Waals surface area contributed by atoms with Crippen LogP contribution in [0.3, 0.4) is 0 Å². The molecule has 0 radical (unpaired) electrons. The van der Waals surface area contributed by atoms with Gasteiger partial charge in [0.1, 0.15) is 5.75 Å². The highest BCUT2D eigenvalue weighted by atomic mass is 79.9. The van der Waals surface area contributed by atoms with Crippen LogP contribution in [0.1, 0.15) is 23.2 Å². The summed E-state index contributed by atoms with van der Waals surface area (Å²) in [6.45, 7) is 1.12. The van der Waals surface area contributed by atoms with E-state index in [9.17, 15) is 9.59 Å². The fourth-order valence-corrected chi connectivity index (χ4v) is 2.83. The zero-order valence-corrected chi connectivity index (χ0v) is 14.1. The number of hydrogen-bond acceptors (Lipinski definition) is 3. The molecule has 0 aromatic heterocycles. The van der Waals surface area contributed by atoms with E-state index in [-0.39, 0.29) is 0 Å². The number of carbonyl (C=O) groups is 2. The van der Waals surface area contributed by atoms with Gasteiger partial charge in [-0.2, -0.15) is 0 Å². The van der Waals surface area contributed by atoms with E-state index in [0.29, 0.717) is 18.7 Å². The van der Waals surface area contributed by atoms with E-state index >= 15 is 0 Å². The fourth-order valence-electron chi connectivity index (χ4n) is 2.56. The lowest BCUT2D eigenvalue weighted by atomic mass is 10.1. The van der Waals surface area contributed by atoms with E-state index in [4.69, 9.17) is 4.74 Å². The molecule has 1 heterocycles. The van der Waals surface area contributed by atoms with E-state index in [1.54, 1.807) is 17.0 Å². The van der Waals surface area contributed by atoms with Gasteiger partial charge in [0.15, 0.2) is 0 Å². The summed E-state index contributed by atoms with van der Waals surface area (Å²) >= 11 is 3.38. The number of unbranched alkanes of at least 4 members (excludes halogenated alkanes) is 1. The number of ketones is 1. The summed E-state index contributed by atoms with van der Waals surface area (Å²) in [6.07, 6.45) is 1.60.